The van der Waals surface area contributed by atoms with E-state index >= 15 is 0 Å². The van der Waals surface area contributed by atoms with Gasteiger partial charge in [0.2, 0.25) is 0 Å². The number of aromatic nitrogens is 1. The Morgan fingerprint density at radius 3 is 2.37 bits per heavy atom. The maximum atomic E-state index is 13.6. The van der Waals surface area contributed by atoms with Crippen LogP contribution in [0.2, 0.25) is 0 Å². The Kier molecular flexibility index (Phi) is 4.95. The Balaban J connectivity index is 1.58. The highest BCUT2D eigenvalue weighted by Crippen LogP contribution is 2.24. The Hall–Kier alpha value is -3.74. The van der Waals surface area contributed by atoms with Crippen LogP contribution in [0.25, 0.3) is 5.69 Å². The number of hydrogen-bond donors (Lipinski definition) is 0. The molecular weight excluding hydrogens is 385 g/mol. The van der Waals surface area contributed by atoms with Gasteiger partial charge in [0.1, 0.15) is 12.4 Å². The van der Waals surface area contributed by atoms with Crippen molar-refractivity contribution in [1.82, 2.24) is 9.47 Å². The molecule has 0 spiro atoms. The largest absolute Gasteiger partial charge is 0.332 e. The van der Waals surface area contributed by atoms with Crippen LogP contribution in [0.4, 0.5) is 14.9 Å². The zero-order valence-corrected chi connectivity index (χ0v) is 16.6. The third-order valence-corrected chi connectivity index (χ3v) is 5.22. The maximum absolute atomic E-state index is 13.6. The standard InChI is InChI=1S/C23H20FN3O3/c1-15-11-20(16(2)27(15)19-10-6-7-17(24)12-19)21(28)13-26-22(29)14-25(23(26)30)18-8-4-3-5-9-18/h3-12H,13-14H2,1-2H3. The molecule has 3 aromatic rings. The number of benzene rings is 2. The highest BCUT2D eigenvalue weighted by atomic mass is 19.1. The summed E-state index contributed by atoms with van der Waals surface area (Å²) in [6.45, 7) is 3.14. The summed E-state index contributed by atoms with van der Waals surface area (Å²) in [5.74, 6) is -1.14. The Morgan fingerprint density at radius 2 is 1.67 bits per heavy atom. The van der Waals surface area contributed by atoms with Gasteiger partial charge in [0.15, 0.2) is 5.78 Å². The van der Waals surface area contributed by atoms with E-state index in [0.717, 1.165) is 10.6 Å². The van der Waals surface area contributed by atoms with Crippen LogP contribution < -0.4 is 4.90 Å². The molecule has 0 bridgehead atoms. The van der Waals surface area contributed by atoms with E-state index < -0.39 is 11.9 Å². The number of ketones is 1. The van der Waals surface area contributed by atoms with Gasteiger partial charge in [-0.05, 0) is 50.2 Å². The van der Waals surface area contributed by atoms with Crippen LogP contribution in [0.3, 0.4) is 0 Å². The summed E-state index contributed by atoms with van der Waals surface area (Å²) in [7, 11) is 0. The van der Waals surface area contributed by atoms with Gasteiger partial charge in [-0.1, -0.05) is 24.3 Å². The fraction of sp³-hybridized carbons (Fsp3) is 0.174. The number of hydrogen-bond acceptors (Lipinski definition) is 3. The second-order valence-electron chi connectivity index (χ2n) is 7.21. The molecule has 1 aliphatic rings. The molecule has 1 aliphatic heterocycles. The van der Waals surface area contributed by atoms with Crippen LogP contribution in [-0.4, -0.2) is 40.3 Å². The van der Waals surface area contributed by atoms with Crippen molar-refractivity contribution < 1.29 is 18.8 Å². The lowest BCUT2D eigenvalue weighted by molar-refractivity contribution is -0.124. The molecule has 6 nitrogen and oxygen atoms in total. The van der Waals surface area contributed by atoms with Crippen molar-refractivity contribution in [3.8, 4) is 5.69 Å². The number of amides is 3. The lowest BCUT2D eigenvalue weighted by Crippen LogP contribution is -2.37. The third kappa shape index (κ3) is 3.39. The van der Waals surface area contributed by atoms with Crippen molar-refractivity contribution in [3.63, 3.8) is 0 Å². The molecule has 7 heteroatoms. The quantitative estimate of drug-likeness (QED) is 0.478. The first-order chi connectivity index (χ1) is 14.4. The molecule has 4 rings (SSSR count). The first-order valence-electron chi connectivity index (χ1n) is 9.52. The Bertz CT molecular complexity index is 1150. The zero-order valence-electron chi connectivity index (χ0n) is 16.6. The number of para-hydroxylation sites is 1. The summed E-state index contributed by atoms with van der Waals surface area (Å²) in [5.41, 5.74) is 2.99. The number of imide groups is 1. The predicted octanol–water partition coefficient (Wildman–Crippen LogP) is 3.88. The van der Waals surface area contributed by atoms with Gasteiger partial charge in [0.05, 0.1) is 6.54 Å². The molecule has 0 saturated carbocycles. The number of anilines is 1. The molecule has 0 atom stereocenters. The number of rotatable bonds is 5. The normalized spacial score (nSPS) is 14.0. The number of urea groups is 1. The molecular formula is C23H20FN3O3. The lowest BCUT2D eigenvalue weighted by atomic mass is 10.1. The number of carbonyl (C=O) groups is 3. The SMILES string of the molecule is Cc1cc(C(=O)CN2C(=O)CN(c3ccccc3)C2=O)c(C)n1-c1cccc(F)c1. The van der Waals surface area contributed by atoms with Gasteiger partial charge in [-0.3, -0.25) is 19.4 Å². The van der Waals surface area contributed by atoms with E-state index in [1.807, 2.05) is 13.0 Å². The minimum atomic E-state index is -0.515. The van der Waals surface area contributed by atoms with Gasteiger partial charge in [-0.15, -0.1) is 0 Å². The molecule has 152 valence electrons. The van der Waals surface area contributed by atoms with Crippen molar-refractivity contribution in [2.24, 2.45) is 0 Å². The van der Waals surface area contributed by atoms with Gasteiger partial charge in [0.25, 0.3) is 5.91 Å². The van der Waals surface area contributed by atoms with Crippen LogP contribution in [0.15, 0.2) is 60.7 Å². The van der Waals surface area contributed by atoms with E-state index in [9.17, 15) is 18.8 Å². The van der Waals surface area contributed by atoms with Crippen molar-refractivity contribution >= 4 is 23.4 Å². The van der Waals surface area contributed by atoms with E-state index in [4.69, 9.17) is 0 Å². The van der Waals surface area contributed by atoms with Gasteiger partial charge in [-0.2, -0.15) is 0 Å². The number of nitrogens with zero attached hydrogens (tertiary/aromatic N) is 3. The fourth-order valence-corrected chi connectivity index (χ4v) is 3.79. The number of Topliss-reactive ketones (excluding diaryl/α,β-unsaturated/α-hetero) is 1. The Morgan fingerprint density at radius 1 is 0.967 bits per heavy atom. The summed E-state index contributed by atoms with van der Waals surface area (Å²) in [4.78, 5) is 40.4. The predicted molar refractivity (Wildman–Crippen MR) is 110 cm³/mol. The summed E-state index contributed by atoms with van der Waals surface area (Å²) in [6, 6.07) is 16.1. The van der Waals surface area contributed by atoms with Crippen LogP contribution in [-0.2, 0) is 4.79 Å². The highest BCUT2D eigenvalue weighted by Gasteiger charge is 2.38. The van der Waals surface area contributed by atoms with Crippen LogP contribution in [0.5, 0.6) is 0 Å². The molecule has 0 radical (unpaired) electrons. The first kappa shape index (κ1) is 19.6. The zero-order chi connectivity index (χ0) is 21.4. The number of aryl methyl sites for hydroxylation is 1. The van der Waals surface area contributed by atoms with Gasteiger partial charge in [-0.25, -0.2) is 9.18 Å². The van der Waals surface area contributed by atoms with Crippen LogP contribution >= 0.6 is 0 Å². The van der Waals surface area contributed by atoms with Crippen molar-refractivity contribution in [1.29, 1.82) is 0 Å². The molecule has 1 fully saturated rings. The van der Waals surface area contributed by atoms with Crippen LogP contribution in [0, 0.1) is 19.7 Å². The molecule has 2 aromatic carbocycles. The summed E-state index contributed by atoms with van der Waals surface area (Å²) < 4.78 is 15.4. The summed E-state index contributed by atoms with van der Waals surface area (Å²) >= 11 is 0. The monoisotopic (exact) mass is 405 g/mol. The number of halogens is 1. The molecule has 2 heterocycles. The minimum Gasteiger partial charge on any atom is -0.318 e. The fourth-order valence-electron chi connectivity index (χ4n) is 3.79. The first-order valence-corrected chi connectivity index (χ1v) is 9.52. The molecule has 0 aliphatic carbocycles. The average molecular weight is 405 g/mol. The summed E-state index contributed by atoms with van der Waals surface area (Å²) in [5, 5.41) is 0. The van der Waals surface area contributed by atoms with Gasteiger partial charge < -0.3 is 4.57 Å². The number of carbonyl (C=O) groups excluding carboxylic acids is 3. The molecule has 3 amide bonds. The lowest BCUT2D eigenvalue weighted by Gasteiger charge is -2.16. The summed E-state index contributed by atoms with van der Waals surface area (Å²) in [6.07, 6.45) is 0. The minimum absolute atomic E-state index is 0.0988. The van der Waals surface area contributed by atoms with Crippen molar-refractivity contribution in [2.45, 2.75) is 13.8 Å². The van der Waals surface area contributed by atoms with Crippen molar-refractivity contribution in [3.05, 3.63) is 83.4 Å². The molecule has 1 saturated heterocycles. The van der Waals surface area contributed by atoms with Crippen molar-refractivity contribution in [2.75, 3.05) is 18.0 Å². The van der Waals surface area contributed by atoms with E-state index in [2.05, 4.69) is 0 Å². The molecule has 30 heavy (non-hydrogen) atoms. The van der Waals surface area contributed by atoms with Gasteiger partial charge >= 0.3 is 6.03 Å². The van der Waals surface area contributed by atoms with E-state index in [1.165, 1.54) is 17.0 Å². The second-order valence-corrected chi connectivity index (χ2v) is 7.21. The average Bonchev–Trinajstić information content (AvgIpc) is 3.18. The van der Waals surface area contributed by atoms with Crippen LogP contribution in [0.1, 0.15) is 21.7 Å². The second kappa shape index (κ2) is 7.59. The molecule has 0 N–H and O–H groups in total. The Labute approximate surface area is 173 Å². The smallest absolute Gasteiger partial charge is 0.318 e. The topological polar surface area (TPSA) is 62.6 Å². The maximum Gasteiger partial charge on any atom is 0.332 e. The molecule has 0 unspecified atom stereocenters. The van der Waals surface area contributed by atoms with E-state index in [1.54, 1.807) is 54.0 Å². The van der Waals surface area contributed by atoms with Gasteiger partial charge in [0, 0.05) is 28.3 Å². The molecule has 1 aromatic heterocycles. The van der Waals surface area contributed by atoms with E-state index in [-0.39, 0.29) is 24.7 Å². The highest BCUT2D eigenvalue weighted by molar-refractivity contribution is 6.15. The van der Waals surface area contributed by atoms with E-state index in [0.29, 0.717) is 22.6 Å². The third-order valence-electron chi connectivity index (χ3n) is 5.22.